The zero-order valence-corrected chi connectivity index (χ0v) is 13.0. The highest BCUT2D eigenvalue weighted by Crippen LogP contribution is 2.19. The number of hydrogen-bond donors (Lipinski definition) is 1. The summed E-state index contributed by atoms with van der Waals surface area (Å²) in [6.07, 6.45) is 1.01. The third kappa shape index (κ3) is 4.93. The van der Waals surface area contributed by atoms with E-state index in [1.165, 1.54) is 12.1 Å². The first-order valence-electron chi connectivity index (χ1n) is 7.00. The van der Waals surface area contributed by atoms with Gasteiger partial charge < -0.3 is 5.32 Å². The molecule has 2 rings (SSSR count). The van der Waals surface area contributed by atoms with Gasteiger partial charge in [-0.15, -0.1) is 11.3 Å². The highest BCUT2D eigenvalue weighted by atomic mass is 32.1. The van der Waals surface area contributed by atoms with Crippen LogP contribution >= 0.6 is 11.3 Å². The number of aromatic nitrogens is 1. The maximum atomic E-state index is 12.8. The lowest BCUT2D eigenvalue weighted by Crippen LogP contribution is -2.27. The quantitative estimate of drug-likeness (QED) is 0.889. The van der Waals surface area contributed by atoms with E-state index in [2.05, 4.69) is 24.1 Å². The fraction of sp³-hybridized carbons (Fsp3) is 0.375. The van der Waals surface area contributed by atoms with Crippen LogP contribution in [0.15, 0.2) is 29.6 Å². The number of nitrogens with one attached hydrogen (secondary N) is 1. The molecule has 2 aromatic rings. The van der Waals surface area contributed by atoms with Crippen molar-refractivity contribution in [3.8, 4) is 0 Å². The molecule has 0 saturated carbocycles. The van der Waals surface area contributed by atoms with Crippen LogP contribution in [0.2, 0.25) is 0 Å². The first-order chi connectivity index (χ1) is 10.0. The summed E-state index contributed by atoms with van der Waals surface area (Å²) in [6.45, 7) is 4.81. The minimum absolute atomic E-state index is 0.0547. The van der Waals surface area contributed by atoms with E-state index in [0.29, 0.717) is 12.5 Å². The zero-order valence-electron chi connectivity index (χ0n) is 12.2. The number of thiazole rings is 1. The number of hydrogen-bond acceptors (Lipinski definition) is 3. The number of carbonyl (C=O) groups excluding carboxylic acids is 1. The van der Waals surface area contributed by atoms with Crippen LogP contribution in [0.3, 0.4) is 0 Å². The highest BCUT2D eigenvalue weighted by Gasteiger charge is 2.07. The topological polar surface area (TPSA) is 42.0 Å². The molecule has 0 unspecified atom stereocenters. The van der Waals surface area contributed by atoms with E-state index in [1.807, 2.05) is 5.38 Å². The van der Waals surface area contributed by atoms with Crippen molar-refractivity contribution in [2.45, 2.75) is 32.6 Å². The van der Waals surface area contributed by atoms with Crippen molar-refractivity contribution in [1.29, 1.82) is 0 Å². The van der Waals surface area contributed by atoms with Crippen LogP contribution in [0, 0.1) is 5.82 Å². The van der Waals surface area contributed by atoms with Crippen molar-refractivity contribution in [2.24, 2.45) is 0 Å². The molecule has 0 saturated heterocycles. The number of halogens is 1. The van der Waals surface area contributed by atoms with Gasteiger partial charge in [0, 0.05) is 24.3 Å². The molecule has 0 radical (unpaired) electrons. The molecule has 0 aliphatic carbocycles. The summed E-state index contributed by atoms with van der Waals surface area (Å²) in [5, 5.41) is 6.04. The maximum absolute atomic E-state index is 12.8. The van der Waals surface area contributed by atoms with Crippen molar-refractivity contribution in [3.63, 3.8) is 0 Å². The molecule has 3 nitrogen and oxygen atoms in total. The molecule has 0 aliphatic rings. The Balaban J connectivity index is 1.74. The van der Waals surface area contributed by atoms with Gasteiger partial charge in [0.05, 0.1) is 17.1 Å². The summed E-state index contributed by atoms with van der Waals surface area (Å²) in [7, 11) is 0. The van der Waals surface area contributed by atoms with E-state index in [1.54, 1.807) is 23.5 Å². The molecular weight excluding hydrogens is 287 g/mol. The van der Waals surface area contributed by atoms with Crippen LogP contribution in [0.5, 0.6) is 0 Å². The molecule has 1 aromatic carbocycles. The Bertz CT molecular complexity index is 593. The Morgan fingerprint density at radius 3 is 2.67 bits per heavy atom. The summed E-state index contributed by atoms with van der Waals surface area (Å²) in [5.74, 6) is 0.0985. The summed E-state index contributed by atoms with van der Waals surface area (Å²) in [5.41, 5.74) is 1.83. The van der Waals surface area contributed by atoms with Crippen molar-refractivity contribution >= 4 is 17.2 Å². The van der Waals surface area contributed by atoms with Crippen LogP contribution in [-0.4, -0.2) is 17.4 Å². The van der Waals surface area contributed by atoms with E-state index in [0.717, 1.165) is 22.7 Å². The number of carbonyl (C=O) groups is 1. The van der Waals surface area contributed by atoms with E-state index >= 15 is 0 Å². The van der Waals surface area contributed by atoms with Crippen LogP contribution in [0.25, 0.3) is 0 Å². The third-order valence-electron chi connectivity index (χ3n) is 3.04. The van der Waals surface area contributed by atoms with Gasteiger partial charge in [-0.25, -0.2) is 9.37 Å². The first-order valence-corrected chi connectivity index (χ1v) is 7.88. The molecule has 0 atom stereocenters. The summed E-state index contributed by atoms with van der Waals surface area (Å²) in [4.78, 5) is 16.3. The molecule has 21 heavy (non-hydrogen) atoms. The lowest BCUT2D eigenvalue weighted by atomic mass is 10.1. The van der Waals surface area contributed by atoms with E-state index in [9.17, 15) is 9.18 Å². The standard InChI is InChI=1S/C16H19FN2OS/c1-11(2)16-19-14(10-21-16)7-8-18-15(20)9-12-3-5-13(17)6-4-12/h3-6,10-11H,7-9H2,1-2H3,(H,18,20). The first kappa shape index (κ1) is 15.6. The summed E-state index contributed by atoms with van der Waals surface area (Å²) >= 11 is 1.66. The Labute approximate surface area is 128 Å². The predicted octanol–water partition coefficient (Wildman–Crippen LogP) is 3.31. The smallest absolute Gasteiger partial charge is 0.224 e. The monoisotopic (exact) mass is 306 g/mol. The van der Waals surface area contributed by atoms with Crippen LogP contribution in [-0.2, 0) is 17.6 Å². The molecule has 5 heteroatoms. The summed E-state index contributed by atoms with van der Waals surface area (Å²) < 4.78 is 12.8. The zero-order chi connectivity index (χ0) is 15.2. The normalized spacial score (nSPS) is 10.9. The van der Waals surface area contributed by atoms with Gasteiger partial charge in [0.1, 0.15) is 5.82 Å². The van der Waals surface area contributed by atoms with E-state index in [-0.39, 0.29) is 18.1 Å². The van der Waals surface area contributed by atoms with Gasteiger partial charge in [-0.1, -0.05) is 26.0 Å². The summed E-state index contributed by atoms with van der Waals surface area (Å²) in [6, 6.07) is 5.99. The second-order valence-corrected chi connectivity index (χ2v) is 6.12. The number of amides is 1. The lowest BCUT2D eigenvalue weighted by Gasteiger charge is -2.04. The average Bonchev–Trinajstić information content (AvgIpc) is 2.90. The van der Waals surface area contributed by atoms with Crippen LogP contribution in [0.4, 0.5) is 4.39 Å². The Morgan fingerprint density at radius 2 is 2.05 bits per heavy atom. The van der Waals surface area contributed by atoms with Gasteiger partial charge in [0.2, 0.25) is 5.91 Å². The van der Waals surface area contributed by atoms with Gasteiger partial charge in [0.25, 0.3) is 0 Å². The van der Waals surface area contributed by atoms with Gasteiger partial charge in [-0.2, -0.15) is 0 Å². The van der Waals surface area contributed by atoms with Crippen LogP contribution < -0.4 is 5.32 Å². The molecule has 0 bridgehead atoms. The van der Waals surface area contributed by atoms with Gasteiger partial charge in [-0.3, -0.25) is 4.79 Å². The van der Waals surface area contributed by atoms with Gasteiger partial charge >= 0.3 is 0 Å². The fourth-order valence-corrected chi connectivity index (χ4v) is 2.75. The molecule has 112 valence electrons. The highest BCUT2D eigenvalue weighted by molar-refractivity contribution is 7.09. The van der Waals surface area contributed by atoms with E-state index in [4.69, 9.17) is 0 Å². The molecule has 1 N–H and O–H groups in total. The largest absolute Gasteiger partial charge is 0.355 e. The molecule has 0 fully saturated rings. The fourth-order valence-electron chi connectivity index (χ4n) is 1.88. The van der Waals surface area contributed by atoms with Crippen molar-refractivity contribution in [2.75, 3.05) is 6.54 Å². The Hall–Kier alpha value is -1.75. The predicted molar refractivity (Wildman–Crippen MR) is 83.0 cm³/mol. The Kier molecular flexibility index (Phi) is 5.44. The van der Waals surface area contributed by atoms with Gasteiger partial charge in [-0.05, 0) is 17.7 Å². The maximum Gasteiger partial charge on any atom is 0.224 e. The second-order valence-electron chi connectivity index (χ2n) is 5.23. The Morgan fingerprint density at radius 1 is 1.33 bits per heavy atom. The lowest BCUT2D eigenvalue weighted by molar-refractivity contribution is -0.120. The van der Waals surface area contributed by atoms with Crippen LogP contribution in [0.1, 0.15) is 36.0 Å². The molecule has 1 heterocycles. The molecule has 1 aromatic heterocycles. The third-order valence-corrected chi connectivity index (χ3v) is 4.24. The minimum Gasteiger partial charge on any atom is -0.355 e. The van der Waals surface area contributed by atoms with Gasteiger partial charge in [0.15, 0.2) is 0 Å². The second kappa shape index (κ2) is 7.31. The average molecular weight is 306 g/mol. The molecule has 0 aliphatic heterocycles. The number of nitrogens with zero attached hydrogens (tertiary/aromatic N) is 1. The SMILES string of the molecule is CC(C)c1nc(CCNC(=O)Cc2ccc(F)cc2)cs1. The molecular formula is C16H19FN2OS. The number of benzene rings is 1. The van der Waals surface area contributed by atoms with Crippen molar-refractivity contribution < 1.29 is 9.18 Å². The van der Waals surface area contributed by atoms with Crippen molar-refractivity contribution in [3.05, 3.63) is 51.7 Å². The minimum atomic E-state index is -0.288. The van der Waals surface area contributed by atoms with Crippen molar-refractivity contribution in [1.82, 2.24) is 10.3 Å². The molecule has 0 spiro atoms. The number of rotatable bonds is 6. The molecule has 1 amide bonds. The van der Waals surface area contributed by atoms with E-state index < -0.39 is 0 Å².